The van der Waals surface area contributed by atoms with Crippen molar-refractivity contribution in [1.29, 1.82) is 0 Å². The lowest BCUT2D eigenvalue weighted by molar-refractivity contribution is -0.117. The molecule has 13 heteroatoms. The molecule has 3 heterocycles. The fraction of sp³-hybridized carbons (Fsp3) is 0.208. The molecule has 1 aromatic heterocycles. The van der Waals surface area contributed by atoms with Gasteiger partial charge in [-0.25, -0.2) is 22.8 Å². The number of anilines is 3. The van der Waals surface area contributed by atoms with Crippen molar-refractivity contribution >= 4 is 79.5 Å². The van der Waals surface area contributed by atoms with E-state index < -0.39 is 27.9 Å². The van der Waals surface area contributed by atoms with Gasteiger partial charge in [-0.05, 0) is 66.9 Å². The Hall–Kier alpha value is -3.12. The summed E-state index contributed by atoms with van der Waals surface area (Å²) in [5.41, 5.74) is 2.44. The van der Waals surface area contributed by atoms with E-state index in [1.807, 2.05) is 16.9 Å². The molecule has 5 rings (SSSR count). The number of carbonyl (C=O) groups excluding carboxylic acids is 3. The van der Waals surface area contributed by atoms with Crippen molar-refractivity contribution < 1.29 is 22.8 Å². The molecule has 0 unspecified atom stereocenters. The maximum atomic E-state index is 13.2. The minimum absolute atomic E-state index is 0.0320. The van der Waals surface area contributed by atoms with E-state index in [0.717, 1.165) is 47.9 Å². The van der Waals surface area contributed by atoms with Crippen molar-refractivity contribution in [2.24, 2.45) is 0 Å². The normalized spacial score (nSPS) is 15.6. The maximum Gasteiger partial charge on any atom is 0.333 e. The molecule has 192 valence electrons. The number of thiophene rings is 1. The minimum atomic E-state index is -4.11. The van der Waals surface area contributed by atoms with Gasteiger partial charge < -0.3 is 10.2 Å². The fourth-order valence-corrected chi connectivity index (χ4v) is 7.02. The third-order valence-corrected chi connectivity index (χ3v) is 9.43. The molecule has 0 spiro atoms. The molecule has 2 aliphatic heterocycles. The molecule has 2 aliphatic rings. The van der Waals surface area contributed by atoms with Gasteiger partial charge in [-0.2, -0.15) is 0 Å². The summed E-state index contributed by atoms with van der Waals surface area (Å²) in [5, 5.41) is 2.41. The highest BCUT2D eigenvalue weighted by molar-refractivity contribution is 7.92. The predicted molar refractivity (Wildman–Crippen MR) is 144 cm³/mol. The first kappa shape index (κ1) is 25.5. The largest absolute Gasteiger partial charge is 0.372 e. The van der Waals surface area contributed by atoms with Crippen LogP contribution in [-0.4, -0.2) is 39.4 Å². The van der Waals surface area contributed by atoms with Crippen LogP contribution in [0, 0.1) is 0 Å². The summed E-state index contributed by atoms with van der Waals surface area (Å²) in [6.07, 6.45) is 2.28. The molecule has 0 bridgehead atoms. The van der Waals surface area contributed by atoms with Gasteiger partial charge in [0.2, 0.25) is 5.91 Å². The smallest absolute Gasteiger partial charge is 0.333 e. The van der Waals surface area contributed by atoms with Gasteiger partial charge in [0.05, 0.1) is 21.5 Å². The molecule has 4 amide bonds. The number of halogens is 2. The number of sulfonamides is 1. The number of carbonyl (C=O) groups is 3. The topological polar surface area (TPSA) is 116 Å². The van der Waals surface area contributed by atoms with Crippen LogP contribution in [0.4, 0.5) is 21.9 Å². The molecule has 0 radical (unpaired) electrons. The molecule has 1 saturated heterocycles. The van der Waals surface area contributed by atoms with Gasteiger partial charge >= 0.3 is 6.03 Å². The summed E-state index contributed by atoms with van der Waals surface area (Å²) < 4.78 is 26.7. The molecule has 0 aliphatic carbocycles. The average Bonchev–Trinajstić information content (AvgIpc) is 3.52. The van der Waals surface area contributed by atoms with E-state index in [2.05, 4.69) is 10.2 Å². The van der Waals surface area contributed by atoms with Crippen molar-refractivity contribution in [3.63, 3.8) is 0 Å². The van der Waals surface area contributed by atoms with Gasteiger partial charge in [-0.3, -0.25) is 9.59 Å². The molecular formula is C24H20Cl2N4O5S2. The van der Waals surface area contributed by atoms with E-state index in [-0.39, 0.29) is 31.4 Å². The number of nitrogens with one attached hydrogen (secondary N) is 2. The number of hydrogen-bond acceptors (Lipinski definition) is 7. The molecule has 1 fully saturated rings. The van der Waals surface area contributed by atoms with Crippen molar-refractivity contribution in [1.82, 2.24) is 4.72 Å². The Morgan fingerprint density at radius 1 is 0.973 bits per heavy atom. The molecule has 3 aromatic rings. The van der Waals surface area contributed by atoms with Crippen molar-refractivity contribution in [3.05, 3.63) is 69.0 Å². The highest BCUT2D eigenvalue weighted by Crippen LogP contribution is 2.34. The Balaban J connectivity index is 1.32. The quantitative estimate of drug-likeness (QED) is 0.416. The van der Waals surface area contributed by atoms with Crippen LogP contribution in [0.25, 0.3) is 0 Å². The number of benzene rings is 2. The van der Waals surface area contributed by atoms with Crippen LogP contribution in [-0.2, 0) is 21.2 Å². The summed E-state index contributed by atoms with van der Waals surface area (Å²) >= 11 is 13.0. The Morgan fingerprint density at radius 2 is 1.73 bits per heavy atom. The second-order valence-electron chi connectivity index (χ2n) is 8.53. The Labute approximate surface area is 227 Å². The number of rotatable bonds is 5. The van der Waals surface area contributed by atoms with Crippen molar-refractivity contribution in [3.8, 4) is 0 Å². The van der Waals surface area contributed by atoms with Gasteiger partial charge in [0, 0.05) is 30.0 Å². The zero-order valence-corrected chi connectivity index (χ0v) is 22.3. The summed E-state index contributed by atoms with van der Waals surface area (Å²) in [7, 11) is -4.11. The fourth-order valence-electron chi connectivity index (χ4n) is 4.36. The van der Waals surface area contributed by atoms with Crippen LogP contribution < -0.4 is 19.8 Å². The van der Waals surface area contributed by atoms with E-state index in [1.54, 1.807) is 6.07 Å². The first-order valence-corrected chi connectivity index (χ1v) is 14.3. The molecule has 2 aromatic carbocycles. The number of hydrogen-bond donors (Lipinski definition) is 2. The monoisotopic (exact) mass is 578 g/mol. The van der Waals surface area contributed by atoms with Crippen molar-refractivity contribution in [2.75, 3.05) is 28.2 Å². The third-order valence-electron chi connectivity index (χ3n) is 6.07. The highest BCUT2D eigenvalue weighted by atomic mass is 35.5. The summed E-state index contributed by atoms with van der Waals surface area (Å²) in [6, 6.07) is 11.4. The van der Waals surface area contributed by atoms with Gasteiger partial charge in [0.1, 0.15) is 4.21 Å². The van der Waals surface area contributed by atoms with E-state index in [0.29, 0.717) is 11.1 Å². The molecule has 2 N–H and O–H groups in total. The zero-order valence-electron chi connectivity index (χ0n) is 19.2. The molecule has 0 atom stereocenters. The predicted octanol–water partition coefficient (Wildman–Crippen LogP) is 4.90. The van der Waals surface area contributed by atoms with E-state index in [4.69, 9.17) is 23.2 Å². The summed E-state index contributed by atoms with van der Waals surface area (Å²) in [4.78, 5) is 41.8. The van der Waals surface area contributed by atoms with E-state index >= 15 is 0 Å². The number of imide groups is 1. The number of amides is 4. The van der Waals surface area contributed by atoms with Crippen LogP contribution in [0.5, 0.6) is 0 Å². The van der Waals surface area contributed by atoms with Gasteiger partial charge in [-0.15, -0.1) is 11.3 Å². The van der Waals surface area contributed by atoms with Gasteiger partial charge in [0.15, 0.2) is 0 Å². The lowest BCUT2D eigenvalue weighted by Crippen LogP contribution is -2.42. The molecule has 37 heavy (non-hydrogen) atoms. The second kappa shape index (κ2) is 9.97. The molecule has 0 saturated carbocycles. The first-order chi connectivity index (χ1) is 17.6. The van der Waals surface area contributed by atoms with E-state index in [9.17, 15) is 22.8 Å². The lowest BCUT2D eigenvalue weighted by atomic mass is 9.97. The lowest BCUT2D eigenvalue weighted by Gasteiger charge is -2.29. The first-order valence-electron chi connectivity index (χ1n) is 11.3. The maximum absolute atomic E-state index is 13.2. The Bertz CT molecular complexity index is 1530. The average molecular weight is 579 g/mol. The highest BCUT2D eigenvalue weighted by Gasteiger charge is 2.34. The summed E-state index contributed by atoms with van der Waals surface area (Å²) in [6.45, 7) is 1.91. The summed E-state index contributed by atoms with van der Waals surface area (Å²) in [5.74, 6) is -0.905. The second-order valence-corrected chi connectivity index (χ2v) is 12.6. The Morgan fingerprint density at radius 3 is 2.41 bits per heavy atom. The van der Waals surface area contributed by atoms with Gasteiger partial charge in [-0.1, -0.05) is 23.2 Å². The van der Waals surface area contributed by atoms with Crippen LogP contribution in [0.1, 0.15) is 28.8 Å². The number of fused-ring (bicyclic) bond motifs is 1. The van der Waals surface area contributed by atoms with Gasteiger partial charge in [0.25, 0.3) is 15.9 Å². The number of urea groups is 1. The third kappa shape index (κ3) is 5.17. The van der Waals surface area contributed by atoms with E-state index in [1.165, 1.54) is 30.3 Å². The zero-order chi connectivity index (χ0) is 26.3. The molecule has 9 nitrogen and oxygen atoms in total. The van der Waals surface area contributed by atoms with Crippen LogP contribution >= 0.6 is 34.5 Å². The number of nitrogens with zero attached hydrogens (tertiary/aromatic N) is 2. The van der Waals surface area contributed by atoms with Crippen LogP contribution in [0.3, 0.4) is 0 Å². The van der Waals surface area contributed by atoms with Crippen molar-refractivity contribution in [2.45, 2.75) is 23.5 Å². The van der Waals surface area contributed by atoms with Crippen LogP contribution in [0.2, 0.25) is 9.36 Å². The molecular weight excluding hydrogens is 559 g/mol. The SMILES string of the molecule is O=C(Nc1ccc(N2C(=O)Cc3cc(N4CCCC4)ccc3C2=O)c(Cl)c1)NS(=O)(=O)c1ccc(Cl)s1. The minimum Gasteiger partial charge on any atom is -0.372 e. The standard InChI is InChI=1S/C24H20Cl2N4O5S2/c25-18-13-15(27-24(33)28-37(34,35)22-8-7-20(26)36-22)3-6-19(18)30-21(31)12-14-11-16(29-9-1-2-10-29)4-5-17(14)23(30)32/h3-8,11,13H,1-2,9-10,12H2,(H2,27,28,33). The Kier molecular flexibility index (Phi) is 6.88. The van der Waals surface area contributed by atoms with Crippen LogP contribution in [0.15, 0.2) is 52.7 Å².